The lowest BCUT2D eigenvalue weighted by atomic mass is 10.2. The molecule has 4 heteroatoms. The van der Waals surface area contributed by atoms with E-state index in [0.717, 1.165) is 24.3 Å². The highest BCUT2D eigenvalue weighted by molar-refractivity contribution is 5.13. The van der Waals surface area contributed by atoms with Crippen LogP contribution in [0.15, 0.2) is 17.1 Å². The maximum absolute atomic E-state index is 11.5. The first kappa shape index (κ1) is 12.9. The Labute approximate surface area is 96.5 Å². The first-order valence-corrected chi connectivity index (χ1v) is 5.72. The zero-order valence-corrected chi connectivity index (χ0v) is 10.3. The van der Waals surface area contributed by atoms with Crippen LogP contribution in [0.1, 0.15) is 25.1 Å². The quantitative estimate of drug-likeness (QED) is 0.624. The molecule has 0 saturated heterocycles. The first-order valence-electron chi connectivity index (χ1n) is 5.72. The van der Waals surface area contributed by atoms with Crippen LogP contribution in [0.2, 0.25) is 0 Å². The van der Waals surface area contributed by atoms with Gasteiger partial charge in [-0.15, -0.1) is 0 Å². The summed E-state index contributed by atoms with van der Waals surface area (Å²) in [6.07, 6.45) is 1.78. The van der Waals surface area contributed by atoms with Crippen molar-refractivity contribution in [2.45, 2.75) is 33.4 Å². The van der Waals surface area contributed by atoms with Crippen LogP contribution in [-0.4, -0.2) is 24.1 Å². The van der Waals surface area contributed by atoms with Crippen LogP contribution in [0.5, 0.6) is 0 Å². The molecule has 4 nitrogen and oxygen atoms in total. The lowest BCUT2D eigenvalue weighted by Crippen LogP contribution is -2.32. The molecule has 3 N–H and O–H groups in total. The van der Waals surface area contributed by atoms with Crippen molar-refractivity contribution in [2.75, 3.05) is 13.1 Å². The van der Waals surface area contributed by atoms with E-state index in [4.69, 9.17) is 0 Å². The van der Waals surface area contributed by atoms with Crippen LogP contribution in [0.25, 0.3) is 0 Å². The number of hydrogen-bond acceptors (Lipinski definition) is 3. The second kappa shape index (κ2) is 6.45. The van der Waals surface area contributed by atoms with Gasteiger partial charge in [-0.05, 0) is 6.92 Å². The molecule has 0 fully saturated rings. The summed E-state index contributed by atoms with van der Waals surface area (Å²) in [5, 5.41) is 6.54. The van der Waals surface area contributed by atoms with E-state index in [-0.39, 0.29) is 5.43 Å². The van der Waals surface area contributed by atoms with E-state index >= 15 is 0 Å². The summed E-state index contributed by atoms with van der Waals surface area (Å²) in [5.74, 6) is 0. The molecule has 16 heavy (non-hydrogen) atoms. The van der Waals surface area contributed by atoms with Crippen LogP contribution < -0.4 is 16.1 Å². The van der Waals surface area contributed by atoms with E-state index in [1.54, 1.807) is 12.3 Å². The Morgan fingerprint density at radius 1 is 1.38 bits per heavy atom. The van der Waals surface area contributed by atoms with E-state index in [2.05, 4.69) is 29.5 Å². The Morgan fingerprint density at radius 2 is 2.12 bits per heavy atom. The van der Waals surface area contributed by atoms with Gasteiger partial charge in [0.25, 0.3) is 0 Å². The van der Waals surface area contributed by atoms with Crippen LogP contribution in [0, 0.1) is 6.92 Å². The molecule has 1 rings (SSSR count). The molecule has 0 aliphatic rings. The number of aryl methyl sites for hydroxylation is 1. The average Bonchev–Trinajstić information content (AvgIpc) is 2.20. The zero-order chi connectivity index (χ0) is 12.0. The minimum Gasteiger partial charge on any atom is -0.365 e. The molecule has 0 aliphatic carbocycles. The van der Waals surface area contributed by atoms with Crippen LogP contribution in [0.3, 0.4) is 0 Å². The smallest absolute Gasteiger partial charge is 0.186 e. The summed E-state index contributed by atoms with van der Waals surface area (Å²) in [7, 11) is 0. The summed E-state index contributed by atoms with van der Waals surface area (Å²) >= 11 is 0. The van der Waals surface area contributed by atoms with Gasteiger partial charge in [0.1, 0.15) is 0 Å². The zero-order valence-electron chi connectivity index (χ0n) is 10.3. The molecule has 0 bridgehead atoms. The third-order valence-electron chi connectivity index (χ3n) is 2.31. The van der Waals surface area contributed by atoms with Crippen LogP contribution >= 0.6 is 0 Å². The second-order valence-corrected chi connectivity index (χ2v) is 4.29. The number of hydrogen-bond donors (Lipinski definition) is 3. The molecule has 0 aromatic carbocycles. The molecule has 0 unspecified atom stereocenters. The van der Waals surface area contributed by atoms with Gasteiger partial charge in [0.15, 0.2) is 5.43 Å². The van der Waals surface area contributed by atoms with E-state index in [1.165, 1.54) is 0 Å². The standard InChI is InChI=1S/C12H21N3O/c1-9(2)14-5-4-13-7-11-8-15-10(3)6-12(11)16/h6,8-9,13-14H,4-5,7H2,1-3H3,(H,15,16). The van der Waals surface area contributed by atoms with Gasteiger partial charge in [-0.2, -0.15) is 0 Å². The summed E-state index contributed by atoms with van der Waals surface area (Å²) in [6.45, 7) is 8.52. The van der Waals surface area contributed by atoms with Crippen molar-refractivity contribution in [3.05, 3.63) is 33.7 Å². The predicted molar refractivity (Wildman–Crippen MR) is 66.6 cm³/mol. The molecule has 0 atom stereocenters. The highest BCUT2D eigenvalue weighted by atomic mass is 16.1. The van der Waals surface area contributed by atoms with Crippen molar-refractivity contribution in [3.8, 4) is 0 Å². The molecule has 1 aromatic rings. The topological polar surface area (TPSA) is 56.9 Å². The highest BCUT2D eigenvalue weighted by Gasteiger charge is 1.98. The van der Waals surface area contributed by atoms with Gasteiger partial charge >= 0.3 is 0 Å². The SMILES string of the molecule is Cc1cc(=O)c(CNCCNC(C)C)c[nH]1. The molecule has 90 valence electrons. The van der Waals surface area contributed by atoms with Crippen molar-refractivity contribution in [1.82, 2.24) is 15.6 Å². The molecule has 0 aliphatic heterocycles. The first-order chi connectivity index (χ1) is 7.59. The van der Waals surface area contributed by atoms with E-state index in [0.29, 0.717) is 12.6 Å². The van der Waals surface area contributed by atoms with Crippen molar-refractivity contribution in [2.24, 2.45) is 0 Å². The van der Waals surface area contributed by atoms with Crippen molar-refractivity contribution in [3.63, 3.8) is 0 Å². The Morgan fingerprint density at radius 3 is 2.75 bits per heavy atom. The van der Waals surface area contributed by atoms with Crippen molar-refractivity contribution in [1.29, 1.82) is 0 Å². The van der Waals surface area contributed by atoms with E-state index < -0.39 is 0 Å². The molecule has 1 aromatic heterocycles. The summed E-state index contributed by atoms with van der Waals surface area (Å²) in [6, 6.07) is 2.13. The third kappa shape index (κ3) is 4.59. The van der Waals surface area contributed by atoms with Gasteiger partial charge in [-0.1, -0.05) is 13.8 Å². The lowest BCUT2D eigenvalue weighted by Gasteiger charge is -2.08. The molecular formula is C12H21N3O. The predicted octanol–water partition coefficient (Wildman–Crippen LogP) is 0.771. The summed E-state index contributed by atoms with van der Waals surface area (Å²) in [4.78, 5) is 14.6. The van der Waals surface area contributed by atoms with Gasteiger partial charge in [0.2, 0.25) is 0 Å². The maximum Gasteiger partial charge on any atom is 0.186 e. The van der Waals surface area contributed by atoms with Gasteiger partial charge in [0.05, 0.1) is 0 Å². The third-order valence-corrected chi connectivity index (χ3v) is 2.31. The molecule has 0 amide bonds. The van der Waals surface area contributed by atoms with Gasteiger partial charge in [-0.25, -0.2) is 0 Å². The fraction of sp³-hybridized carbons (Fsp3) is 0.583. The maximum atomic E-state index is 11.5. The Bertz CT molecular complexity index is 371. The normalized spacial score (nSPS) is 11.0. The second-order valence-electron chi connectivity index (χ2n) is 4.29. The molecule has 0 spiro atoms. The lowest BCUT2D eigenvalue weighted by molar-refractivity contribution is 0.555. The largest absolute Gasteiger partial charge is 0.365 e. The fourth-order valence-corrected chi connectivity index (χ4v) is 1.41. The van der Waals surface area contributed by atoms with Crippen molar-refractivity contribution >= 4 is 0 Å². The number of rotatable bonds is 6. The molecule has 0 radical (unpaired) electrons. The van der Waals surface area contributed by atoms with Gasteiger partial charge in [0, 0.05) is 49.2 Å². The fourth-order valence-electron chi connectivity index (χ4n) is 1.41. The van der Waals surface area contributed by atoms with Gasteiger partial charge < -0.3 is 15.6 Å². The molecule has 1 heterocycles. The minimum absolute atomic E-state index is 0.0977. The van der Waals surface area contributed by atoms with Crippen molar-refractivity contribution < 1.29 is 0 Å². The molecule has 0 saturated carbocycles. The highest BCUT2D eigenvalue weighted by Crippen LogP contribution is 1.91. The summed E-state index contributed by atoms with van der Waals surface area (Å²) in [5.41, 5.74) is 1.78. The van der Waals surface area contributed by atoms with Crippen LogP contribution in [0.4, 0.5) is 0 Å². The molecular weight excluding hydrogens is 202 g/mol. The number of aromatic amines is 1. The Balaban J connectivity index is 2.30. The van der Waals surface area contributed by atoms with Crippen LogP contribution in [-0.2, 0) is 6.54 Å². The average molecular weight is 223 g/mol. The number of nitrogens with one attached hydrogen (secondary N) is 3. The number of aromatic nitrogens is 1. The monoisotopic (exact) mass is 223 g/mol. The summed E-state index contributed by atoms with van der Waals surface area (Å²) < 4.78 is 0. The Hall–Kier alpha value is -1.13. The van der Waals surface area contributed by atoms with E-state index in [9.17, 15) is 4.79 Å². The van der Waals surface area contributed by atoms with E-state index in [1.807, 2.05) is 6.92 Å². The number of pyridine rings is 1. The minimum atomic E-state index is 0.0977. The Kier molecular flexibility index (Phi) is 5.22. The number of H-pyrrole nitrogens is 1. The van der Waals surface area contributed by atoms with Gasteiger partial charge in [-0.3, -0.25) is 4.79 Å².